The minimum Gasteiger partial charge on any atom is -0.369 e. The molecule has 0 unspecified atom stereocenters. The van der Waals surface area contributed by atoms with Crippen LogP contribution in [0.1, 0.15) is 25.7 Å². The summed E-state index contributed by atoms with van der Waals surface area (Å²) in [6.07, 6.45) is 8.85. The zero-order valence-electron chi connectivity index (χ0n) is 10.1. The molecule has 1 N–H and O–H groups in total. The molecule has 0 aromatic carbocycles. The fourth-order valence-corrected chi connectivity index (χ4v) is 2.56. The molecule has 1 saturated carbocycles. The molecule has 0 radical (unpaired) electrons. The highest BCUT2D eigenvalue weighted by Gasteiger charge is 2.15. The molecule has 0 spiro atoms. The fraction of sp³-hybridized carbons (Fsp3) is 0.583. The summed E-state index contributed by atoms with van der Waals surface area (Å²) in [4.78, 5) is 8.54. The predicted molar refractivity (Wildman–Crippen MR) is 66.8 cm³/mol. The Kier molecular flexibility index (Phi) is 2.66. The van der Waals surface area contributed by atoms with Crippen LogP contribution in [0.3, 0.4) is 0 Å². The van der Waals surface area contributed by atoms with Crippen molar-refractivity contribution >= 4 is 16.9 Å². The second-order valence-electron chi connectivity index (χ2n) is 4.76. The smallest absolute Gasteiger partial charge is 0.163 e. The molecule has 0 atom stereocenters. The van der Waals surface area contributed by atoms with Gasteiger partial charge in [0.2, 0.25) is 0 Å². The van der Waals surface area contributed by atoms with E-state index in [1.807, 2.05) is 13.2 Å². The third-order valence-electron chi connectivity index (χ3n) is 3.56. The molecule has 3 rings (SSSR count). The maximum atomic E-state index is 4.31. The molecule has 2 heterocycles. The Morgan fingerprint density at radius 1 is 1.35 bits per heavy atom. The predicted octanol–water partition coefficient (Wildman–Crippen LogP) is 1.97. The Bertz CT molecular complexity index is 513. The molecular formula is C12H17N5. The fourth-order valence-electron chi connectivity index (χ4n) is 2.56. The lowest BCUT2D eigenvalue weighted by atomic mass is 10.1. The molecule has 1 aliphatic carbocycles. The lowest BCUT2D eigenvalue weighted by Gasteiger charge is -2.11. The maximum absolute atomic E-state index is 4.31. The summed E-state index contributed by atoms with van der Waals surface area (Å²) in [6, 6.07) is 0. The van der Waals surface area contributed by atoms with Crippen LogP contribution in [0.5, 0.6) is 0 Å². The molecule has 17 heavy (non-hydrogen) atoms. The van der Waals surface area contributed by atoms with Crippen LogP contribution >= 0.6 is 0 Å². The van der Waals surface area contributed by atoms with Crippen molar-refractivity contribution in [1.82, 2.24) is 19.7 Å². The molecule has 0 aliphatic heterocycles. The van der Waals surface area contributed by atoms with Crippen molar-refractivity contribution in [2.45, 2.75) is 25.7 Å². The normalized spacial score (nSPS) is 16.8. The van der Waals surface area contributed by atoms with Gasteiger partial charge in [0, 0.05) is 13.6 Å². The van der Waals surface area contributed by atoms with E-state index in [4.69, 9.17) is 0 Å². The lowest BCUT2D eigenvalue weighted by Crippen LogP contribution is -2.12. The molecule has 5 nitrogen and oxygen atoms in total. The molecule has 0 bridgehead atoms. The Balaban J connectivity index is 1.79. The molecule has 90 valence electrons. The van der Waals surface area contributed by atoms with E-state index in [9.17, 15) is 0 Å². The van der Waals surface area contributed by atoms with Crippen LogP contribution in [-0.2, 0) is 7.05 Å². The molecular weight excluding hydrogens is 214 g/mol. The van der Waals surface area contributed by atoms with Gasteiger partial charge >= 0.3 is 0 Å². The Morgan fingerprint density at radius 2 is 2.18 bits per heavy atom. The van der Waals surface area contributed by atoms with Crippen LogP contribution in [-0.4, -0.2) is 26.3 Å². The van der Waals surface area contributed by atoms with Crippen molar-refractivity contribution in [3.63, 3.8) is 0 Å². The van der Waals surface area contributed by atoms with E-state index in [1.165, 1.54) is 25.7 Å². The van der Waals surface area contributed by atoms with E-state index >= 15 is 0 Å². The highest BCUT2D eigenvalue weighted by atomic mass is 15.3. The van der Waals surface area contributed by atoms with Crippen LogP contribution in [0.25, 0.3) is 11.0 Å². The van der Waals surface area contributed by atoms with E-state index in [-0.39, 0.29) is 0 Å². The second kappa shape index (κ2) is 4.31. The van der Waals surface area contributed by atoms with Crippen molar-refractivity contribution in [2.24, 2.45) is 13.0 Å². The standard InChI is InChI=1S/C12H17N5/c1-17-12-10(7-16-17)11(14-8-15-12)13-6-9-4-2-3-5-9/h7-9H,2-6H2,1H3,(H,13,14,15). The van der Waals surface area contributed by atoms with Gasteiger partial charge in [-0.3, -0.25) is 4.68 Å². The third-order valence-corrected chi connectivity index (χ3v) is 3.56. The van der Waals surface area contributed by atoms with Gasteiger partial charge in [0.05, 0.1) is 11.6 Å². The SMILES string of the molecule is Cn1ncc2c(NCC3CCCC3)ncnc21. The number of hydrogen-bond acceptors (Lipinski definition) is 4. The summed E-state index contributed by atoms with van der Waals surface area (Å²) in [5.74, 6) is 1.71. The lowest BCUT2D eigenvalue weighted by molar-refractivity contribution is 0.579. The van der Waals surface area contributed by atoms with Gasteiger partial charge in [0.1, 0.15) is 12.1 Å². The van der Waals surface area contributed by atoms with Gasteiger partial charge in [-0.25, -0.2) is 9.97 Å². The largest absolute Gasteiger partial charge is 0.369 e. The summed E-state index contributed by atoms with van der Waals surface area (Å²) in [5.41, 5.74) is 0.883. The van der Waals surface area contributed by atoms with Gasteiger partial charge in [0.25, 0.3) is 0 Å². The highest BCUT2D eigenvalue weighted by Crippen LogP contribution is 2.25. The zero-order valence-corrected chi connectivity index (χ0v) is 10.1. The van der Waals surface area contributed by atoms with E-state index in [0.29, 0.717) is 0 Å². The monoisotopic (exact) mass is 231 g/mol. The van der Waals surface area contributed by atoms with Crippen molar-refractivity contribution in [2.75, 3.05) is 11.9 Å². The number of aromatic nitrogens is 4. The quantitative estimate of drug-likeness (QED) is 0.877. The molecule has 2 aromatic heterocycles. The molecule has 1 fully saturated rings. The molecule has 1 aliphatic rings. The van der Waals surface area contributed by atoms with E-state index in [1.54, 1.807) is 11.0 Å². The van der Waals surface area contributed by atoms with Gasteiger partial charge in [-0.2, -0.15) is 5.10 Å². The summed E-state index contributed by atoms with van der Waals surface area (Å²) >= 11 is 0. The van der Waals surface area contributed by atoms with Crippen molar-refractivity contribution < 1.29 is 0 Å². The number of hydrogen-bond donors (Lipinski definition) is 1. The van der Waals surface area contributed by atoms with Gasteiger partial charge in [-0.1, -0.05) is 12.8 Å². The number of fused-ring (bicyclic) bond motifs is 1. The topological polar surface area (TPSA) is 55.6 Å². The van der Waals surface area contributed by atoms with Crippen molar-refractivity contribution in [3.05, 3.63) is 12.5 Å². The summed E-state index contributed by atoms with van der Waals surface area (Å²) < 4.78 is 1.78. The van der Waals surface area contributed by atoms with Crippen LogP contribution in [0.2, 0.25) is 0 Å². The third kappa shape index (κ3) is 1.97. The average molecular weight is 231 g/mol. The van der Waals surface area contributed by atoms with Gasteiger partial charge in [-0.05, 0) is 18.8 Å². The first-order chi connectivity index (χ1) is 8.34. The molecule has 5 heteroatoms. The Labute approximate surface area is 100 Å². The number of nitrogens with zero attached hydrogens (tertiary/aromatic N) is 4. The van der Waals surface area contributed by atoms with Crippen LogP contribution in [0, 0.1) is 5.92 Å². The molecule has 2 aromatic rings. The maximum Gasteiger partial charge on any atom is 0.163 e. The zero-order chi connectivity index (χ0) is 11.7. The second-order valence-corrected chi connectivity index (χ2v) is 4.76. The Hall–Kier alpha value is -1.65. The van der Waals surface area contributed by atoms with E-state index < -0.39 is 0 Å². The number of aryl methyl sites for hydroxylation is 1. The van der Waals surface area contributed by atoms with Crippen LogP contribution in [0.4, 0.5) is 5.82 Å². The Morgan fingerprint density at radius 3 is 3.00 bits per heavy atom. The first-order valence-electron chi connectivity index (χ1n) is 6.21. The molecule has 0 amide bonds. The van der Waals surface area contributed by atoms with Crippen LogP contribution < -0.4 is 5.32 Å². The van der Waals surface area contributed by atoms with Gasteiger partial charge in [-0.15, -0.1) is 0 Å². The van der Waals surface area contributed by atoms with E-state index in [0.717, 1.165) is 29.3 Å². The van der Waals surface area contributed by atoms with Gasteiger partial charge in [0.15, 0.2) is 5.65 Å². The minimum atomic E-state index is 0.802. The van der Waals surface area contributed by atoms with Gasteiger partial charge < -0.3 is 5.32 Å². The minimum absolute atomic E-state index is 0.802. The van der Waals surface area contributed by atoms with Crippen LogP contribution in [0.15, 0.2) is 12.5 Å². The van der Waals surface area contributed by atoms with Crippen molar-refractivity contribution in [1.29, 1.82) is 0 Å². The number of nitrogens with one attached hydrogen (secondary N) is 1. The molecule has 0 saturated heterocycles. The first kappa shape index (κ1) is 10.5. The van der Waals surface area contributed by atoms with Crippen molar-refractivity contribution in [3.8, 4) is 0 Å². The summed E-state index contributed by atoms with van der Waals surface area (Å²) in [6.45, 7) is 1.01. The number of anilines is 1. The average Bonchev–Trinajstić information content (AvgIpc) is 2.97. The first-order valence-corrected chi connectivity index (χ1v) is 6.21. The van der Waals surface area contributed by atoms with E-state index in [2.05, 4.69) is 20.4 Å². The highest BCUT2D eigenvalue weighted by molar-refractivity contribution is 5.85. The summed E-state index contributed by atoms with van der Waals surface area (Å²) in [7, 11) is 1.90. The number of rotatable bonds is 3. The summed E-state index contributed by atoms with van der Waals surface area (Å²) in [5, 5.41) is 8.66.